The maximum absolute atomic E-state index is 10.7. The molecule has 0 spiro atoms. The van der Waals surface area contributed by atoms with E-state index in [1.54, 1.807) is 24.4 Å². The van der Waals surface area contributed by atoms with Crippen molar-refractivity contribution < 1.29 is 14.4 Å². The normalized spacial score (nSPS) is 10.3. The summed E-state index contributed by atoms with van der Waals surface area (Å²) in [5.74, 6) is 3.63. The smallest absolute Gasteiger partial charge is 0.269 e. The van der Waals surface area contributed by atoms with Crippen LogP contribution in [0.3, 0.4) is 0 Å². The Labute approximate surface area is 163 Å². The van der Waals surface area contributed by atoms with Gasteiger partial charge in [0.2, 0.25) is 0 Å². The molecule has 0 radical (unpaired) electrons. The minimum atomic E-state index is -0.451. The number of nitro groups is 1. The number of rotatable bonds is 10. The van der Waals surface area contributed by atoms with Gasteiger partial charge in [-0.2, -0.15) is 5.10 Å². The van der Waals surface area contributed by atoms with Crippen LogP contribution in [0.2, 0.25) is 0 Å². The summed E-state index contributed by atoms with van der Waals surface area (Å²) in [4.78, 5) is 10.2. The van der Waals surface area contributed by atoms with E-state index >= 15 is 0 Å². The molecule has 0 aliphatic carbocycles. The maximum atomic E-state index is 10.7. The molecule has 1 N–H and O–H groups in total. The molecule has 0 aromatic heterocycles. The molecule has 7 nitrogen and oxygen atoms in total. The van der Waals surface area contributed by atoms with Gasteiger partial charge in [0.15, 0.2) is 11.5 Å². The number of benzene rings is 2. The zero-order valence-corrected chi connectivity index (χ0v) is 15.6. The van der Waals surface area contributed by atoms with Crippen molar-refractivity contribution in [3.05, 3.63) is 70.3 Å². The molecule has 2 rings (SSSR count). The predicted molar refractivity (Wildman–Crippen MR) is 110 cm³/mol. The molecule has 2 aromatic carbocycles. The third-order valence-electron chi connectivity index (χ3n) is 3.60. The number of ether oxygens (including phenoxy) is 2. The molecule has 0 heterocycles. The van der Waals surface area contributed by atoms with Crippen LogP contribution in [0.5, 0.6) is 11.5 Å². The van der Waals surface area contributed by atoms with Gasteiger partial charge in [-0.15, -0.1) is 13.0 Å². The van der Waals surface area contributed by atoms with Gasteiger partial charge in [0.1, 0.15) is 6.61 Å². The topological polar surface area (TPSA) is 86.0 Å². The van der Waals surface area contributed by atoms with Crippen molar-refractivity contribution in [2.45, 2.75) is 13.3 Å². The van der Waals surface area contributed by atoms with Gasteiger partial charge in [-0.25, -0.2) is 0 Å². The molecule has 0 saturated carbocycles. The maximum Gasteiger partial charge on any atom is 0.269 e. The van der Waals surface area contributed by atoms with Crippen LogP contribution in [0.15, 0.2) is 54.2 Å². The third kappa shape index (κ3) is 5.61. The van der Waals surface area contributed by atoms with E-state index in [1.165, 1.54) is 12.1 Å². The van der Waals surface area contributed by atoms with Gasteiger partial charge in [0.05, 0.1) is 23.4 Å². The van der Waals surface area contributed by atoms with Gasteiger partial charge in [-0.1, -0.05) is 12.0 Å². The lowest BCUT2D eigenvalue weighted by Gasteiger charge is -2.15. The van der Waals surface area contributed by atoms with Crippen molar-refractivity contribution in [3.8, 4) is 23.8 Å². The predicted octanol–water partition coefficient (Wildman–Crippen LogP) is 4.18. The van der Waals surface area contributed by atoms with Crippen LogP contribution in [0.4, 0.5) is 11.4 Å². The van der Waals surface area contributed by atoms with Crippen LogP contribution in [-0.2, 0) is 6.42 Å². The largest absolute Gasteiger partial charge is 0.490 e. The molecule has 0 aliphatic rings. The highest BCUT2D eigenvalue weighted by Gasteiger charge is 2.12. The monoisotopic (exact) mass is 379 g/mol. The number of hydrogen-bond donors (Lipinski definition) is 1. The molecule has 28 heavy (non-hydrogen) atoms. The lowest BCUT2D eigenvalue weighted by atomic mass is 10.1. The molecule has 0 atom stereocenters. The van der Waals surface area contributed by atoms with E-state index in [1.807, 2.05) is 19.1 Å². The van der Waals surface area contributed by atoms with Crippen LogP contribution in [0.25, 0.3) is 0 Å². The molecule has 144 valence electrons. The molecule has 7 heteroatoms. The number of hydrazone groups is 1. The SMILES string of the molecule is C#CCOc1c(CC=C)cc(/C=N/Nc2ccc([N+](=O)[O-])cc2)cc1OCC. The van der Waals surface area contributed by atoms with E-state index < -0.39 is 4.92 Å². The van der Waals surface area contributed by atoms with E-state index in [0.29, 0.717) is 30.2 Å². The van der Waals surface area contributed by atoms with E-state index in [9.17, 15) is 10.1 Å². The Morgan fingerprint density at radius 2 is 2.07 bits per heavy atom. The fraction of sp³-hybridized carbons (Fsp3) is 0.190. The summed E-state index contributed by atoms with van der Waals surface area (Å²) in [6.07, 6.45) is 9.27. The summed E-state index contributed by atoms with van der Waals surface area (Å²) in [7, 11) is 0. The van der Waals surface area contributed by atoms with Crippen LogP contribution in [-0.4, -0.2) is 24.4 Å². The van der Waals surface area contributed by atoms with E-state index in [0.717, 1.165) is 11.1 Å². The van der Waals surface area contributed by atoms with Gasteiger partial charge >= 0.3 is 0 Å². The van der Waals surface area contributed by atoms with Crippen LogP contribution in [0.1, 0.15) is 18.1 Å². The molecule has 0 unspecified atom stereocenters. The first-order valence-corrected chi connectivity index (χ1v) is 8.59. The van der Waals surface area contributed by atoms with E-state index in [-0.39, 0.29) is 12.3 Å². The van der Waals surface area contributed by atoms with Gasteiger partial charge in [0.25, 0.3) is 5.69 Å². The number of anilines is 1. The van der Waals surface area contributed by atoms with Crippen LogP contribution < -0.4 is 14.9 Å². The van der Waals surface area contributed by atoms with Crippen molar-refractivity contribution in [1.29, 1.82) is 0 Å². The van der Waals surface area contributed by atoms with Crippen molar-refractivity contribution in [2.75, 3.05) is 18.6 Å². The van der Waals surface area contributed by atoms with Gasteiger partial charge < -0.3 is 9.47 Å². The summed E-state index contributed by atoms with van der Waals surface area (Å²) >= 11 is 0. The Morgan fingerprint density at radius 3 is 2.68 bits per heavy atom. The Bertz CT molecular complexity index is 899. The summed E-state index contributed by atoms with van der Waals surface area (Å²) in [6.45, 7) is 6.27. The van der Waals surface area contributed by atoms with Gasteiger partial charge in [-0.3, -0.25) is 15.5 Å². The number of terminal acetylenes is 1. The van der Waals surface area contributed by atoms with E-state index in [2.05, 4.69) is 23.0 Å². The molecular formula is C21H21N3O4. The van der Waals surface area contributed by atoms with Crippen molar-refractivity contribution in [3.63, 3.8) is 0 Å². The lowest BCUT2D eigenvalue weighted by molar-refractivity contribution is -0.384. The number of nitrogens with one attached hydrogen (secondary N) is 1. The van der Waals surface area contributed by atoms with Gasteiger partial charge in [-0.05, 0) is 43.2 Å². The van der Waals surface area contributed by atoms with Gasteiger partial charge in [0, 0.05) is 17.7 Å². The zero-order chi connectivity index (χ0) is 20.4. The molecule has 0 bridgehead atoms. The average Bonchev–Trinajstić information content (AvgIpc) is 2.68. The zero-order valence-electron chi connectivity index (χ0n) is 15.6. The first-order valence-electron chi connectivity index (χ1n) is 8.59. The summed E-state index contributed by atoms with van der Waals surface area (Å²) in [5, 5.41) is 14.9. The molecule has 0 aliphatic heterocycles. The Morgan fingerprint density at radius 1 is 1.32 bits per heavy atom. The number of hydrogen-bond acceptors (Lipinski definition) is 6. The lowest BCUT2D eigenvalue weighted by Crippen LogP contribution is -2.04. The minimum Gasteiger partial charge on any atom is -0.490 e. The second kappa shape index (κ2) is 10.4. The Balaban J connectivity index is 2.23. The highest BCUT2D eigenvalue weighted by atomic mass is 16.6. The van der Waals surface area contributed by atoms with Crippen molar-refractivity contribution >= 4 is 17.6 Å². The number of nitrogens with zero attached hydrogens (tertiary/aromatic N) is 2. The Kier molecular flexibility index (Phi) is 7.61. The van der Waals surface area contributed by atoms with Crippen molar-refractivity contribution in [1.82, 2.24) is 0 Å². The first-order chi connectivity index (χ1) is 13.6. The number of non-ortho nitro benzene ring substituents is 1. The third-order valence-corrected chi connectivity index (χ3v) is 3.60. The highest BCUT2D eigenvalue weighted by molar-refractivity contribution is 5.82. The van der Waals surface area contributed by atoms with Crippen molar-refractivity contribution in [2.24, 2.45) is 5.10 Å². The standard InChI is InChI=1S/C21H21N3O4/c1-4-7-17-13-16(14-20(27-6-3)21(17)28-12-5-2)15-22-23-18-8-10-19(11-9-18)24(25)26/h2,4,8-11,13-15,23H,1,6-7,12H2,3H3/b22-15+. The summed E-state index contributed by atoms with van der Waals surface area (Å²) in [6, 6.07) is 9.71. The molecule has 2 aromatic rings. The molecule has 0 saturated heterocycles. The van der Waals surface area contributed by atoms with Crippen LogP contribution in [0, 0.1) is 22.5 Å². The quantitative estimate of drug-likeness (QED) is 0.220. The summed E-state index contributed by atoms with van der Waals surface area (Å²) < 4.78 is 11.3. The fourth-order valence-corrected chi connectivity index (χ4v) is 2.44. The fourth-order valence-electron chi connectivity index (χ4n) is 2.44. The Hall–Kier alpha value is -3.79. The first kappa shape index (κ1) is 20.5. The molecule has 0 fully saturated rings. The average molecular weight is 379 g/mol. The number of nitro benzene ring substituents is 1. The highest BCUT2D eigenvalue weighted by Crippen LogP contribution is 2.33. The molecular weight excluding hydrogens is 358 g/mol. The minimum absolute atomic E-state index is 0.0208. The summed E-state index contributed by atoms with van der Waals surface area (Å²) in [5.41, 5.74) is 5.17. The van der Waals surface area contributed by atoms with E-state index in [4.69, 9.17) is 15.9 Å². The van der Waals surface area contributed by atoms with Crippen LogP contribution >= 0.6 is 0 Å². The molecule has 0 amide bonds. The number of allylic oxidation sites excluding steroid dienone is 1. The second-order valence-electron chi connectivity index (χ2n) is 5.60. The second-order valence-corrected chi connectivity index (χ2v) is 5.60.